The highest BCUT2D eigenvalue weighted by atomic mass is 16.5. The van der Waals surface area contributed by atoms with Gasteiger partial charge in [-0.2, -0.15) is 0 Å². The van der Waals surface area contributed by atoms with Crippen molar-refractivity contribution in [3.05, 3.63) is 29.8 Å². The van der Waals surface area contributed by atoms with E-state index in [1.807, 2.05) is 6.92 Å². The van der Waals surface area contributed by atoms with Crippen LogP contribution in [-0.2, 0) is 9.59 Å². The Morgan fingerprint density at radius 3 is 2.79 bits per heavy atom. The van der Waals surface area contributed by atoms with Crippen molar-refractivity contribution in [1.29, 1.82) is 0 Å². The second-order valence-electron chi connectivity index (χ2n) is 5.52. The van der Waals surface area contributed by atoms with Crippen molar-refractivity contribution < 1.29 is 24.2 Å². The molecule has 130 valence electrons. The number of nitrogens with one attached hydrogen (secondary N) is 1. The summed E-state index contributed by atoms with van der Waals surface area (Å²) in [6, 6.07) is 6.40. The monoisotopic (exact) mass is 334 g/mol. The van der Waals surface area contributed by atoms with Gasteiger partial charge in [-0.25, -0.2) is 0 Å². The van der Waals surface area contributed by atoms with Gasteiger partial charge in [0.2, 0.25) is 5.91 Å². The molecule has 0 aliphatic carbocycles. The lowest BCUT2D eigenvalue weighted by molar-refractivity contribution is -0.137. The molecule has 0 radical (unpaired) electrons. The SMILES string of the molecule is CCOc1ccccc1C(=O)N1CCCC1C(=O)NCCC(=O)O. The fraction of sp³-hybridized carbons (Fsp3) is 0.471. The smallest absolute Gasteiger partial charge is 0.305 e. The maximum atomic E-state index is 12.8. The number of amides is 2. The standard InChI is InChI=1S/C17H22N2O5/c1-2-24-14-8-4-3-6-12(14)17(23)19-11-5-7-13(19)16(22)18-10-9-15(20)21/h3-4,6,8,13H,2,5,7,9-11H2,1H3,(H,18,22)(H,20,21). The molecule has 0 bridgehead atoms. The van der Waals surface area contributed by atoms with Crippen LogP contribution in [-0.4, -0.2) is 53.5 Å². The first-order valence-electron chi connectivity index (χ1n) is 8.07. The summed E-state index contributed by atoms with van der Waals surface area (Å²) in [5.41, 5.74) is 0.435. The van der Waals surface area contributed by atoms with Crippen molar-refractivity contribution >= 4 is 17.8 Å². The van der Waals surface area contributed by atoms with Crippen molar-refractivity contribution in [3.63, 3.8) is 0 Å². The number of likely N-dealkylation sites (tertiary alicyclic amines) is 1. The van der Waals surface area contributed by atoms with Gasteiger partial charge in [0.15, 0.2) is 0 Å². The van der Waals surface area contributed by atoms with E-state index < -0.39 is 12.0 Å². The Bertz CT molecular complexity index is 617. The van der Waals surface area contributed by atoms with Gasteiger partial charge in [0.25, 0.3) is 5.91 Å². The van der Waals surface area contributed by atoms with Gasteiger partial charge < -0.3 is 20.1 Å². The van der Waals surface area contributed by atoms with Gasteiger partial charge in [0.05, 0.1) is 18.6 Å². The number of nitrogens with zero attached hydrogens (tertiary/aromatic N) is 1. The molecular weight excluding hydrogens is 312 g/mol. The highest BCUT2D eigenvalue weighted by Gasteiger charge is 2.35. The molecule has 1 aliphatic heterocycles. The van der Waals surface area contributed by atoms with E-state index in [0.29, 0.717) is 30.9 Å². The lowest BCUT2D eigenvalue weighted by atomic mass is 10.1. The lowest BCUT2D eigenvalue weighted by Gasteiger charge is -2.24. The Labute approximate surface area is 140 Å². The molecule has 1 aromatic carbocycles. The molecule has 0 saturated carbocycles. The number of rotatable bonds is 7. The molecule has 2 rings (SSSR count). The quantitative estimate of drug-likeness (QED) is 0.783. The molecule has 7 heteroatoms. The number of carboxylic acids is 1. The van der Waals surface area contributed by atoms with Crippen LogP contribution in [0.15, 0.2) is 24.3 Å². The molecule has 7 nitrogen and oxygen atoms in total. The number of para-hydroxylation sites is 1. The first kappa shape index (κ1) is 17.8. The maximum Gasteiger partial charge on any atom is 0.305 e. The molecule has 1 aromatic rings. The average Bonchev–Trinajstić information content (AvgIpc) is 3.04. The van der Waals surface area contributed by atoms with Crippen LogP contribution in [0.2, 0.25) is 0 Å². The second-order valence-corrected chi connectivity index (χ2v) is 5.52. The Morgan fingerprint density at radius 2 is 2.08 bits per heavy atom. The van der Waals surface area contributed by atoms with Gasteiger partial charge in [-0.15, -0.1) is 0 Å². The van der Waals surface area contributed by atoms with Crippen molar-refractivity contribution in [2.45, 2.75) is 32.2 Å². The summed E-state index contributed by atoms with van der Waals surface area (Å²) in [4.78, 5) is 37.1. The third-order valence-electron chi connectivity index (χ3n) is 3.87. The van der Waals surface area contributed by atoms with Crippen LogP contribution in [0.3, 0.4) is 0 Å². The van der Waals surface area contributed by atoms with Crippen molar-refractivity contribution in [2.24, 2.45) is 0 Å². The summed E-state index contributed by atoms with van der Waals surface area (Å²) in [7, 11) is 0. The average molecular weight is 334 g/mol. The van der Waals surface area contributed by atoms with Crippen LogP contribution < -0.4 is 10.1 Å². The number of hydrogen-bond acceptors (Lipinski definition) is 4. The van der Waals surface area contributed by atoms with Crippen LogP contribution in [0.25, 0.3) is 0 Å². The molecule has 1 unspecified atom stereocenters. The lowest BCUT2D eigenvalue weighted by Crippen LogP contribution is -2.46. The predicted octanol–water partition coefficient (Wildman–Crippen LogP) is 1.28. The van der Waals surface area contributed by atoms with Crippen LogP contribution in [0, 0.1) is 0 Å². The highest BCUT2D eigenvalue weighted by molar-refractivity contribution is 6.00. The summed E-state index contributed by atoms with van der Waals surface area (Å²) < 4.78 is 5.49. The zero-order valence-electron chi connectivity index (χ0n) is 13.7. The summed E-state index contributed by atoms with van der Waals surface area (Å²) in [6.45, 7) is 2.84. The first-order valence-corrected chi connectivity index (χ1v) is 8.07. The topological polar surface area (TPSA) is 95.9 Å². The molecular formula is C17H22N2O5. The Balaban J connectivity index is 2.08. The van der Waals surface area contributed by atoms with E-state index in [1.165, 1.54) is 4.90 Å². The number of benzene rings is 1. The first-order chi connectivity index (χ1) is 11.5. The normalized spacial score (nSPS) is 16.7. The minimum atomic E-state index is -0.972. The van der Waals surface area contributed by atoms with E-state index in [-0.39, 0.29) is 24.8 Å². The Kier molecular flexibility index (Phi) is 6.17. The van der Waals surface area contributed by atoms with E-state index >= 15 is 0 Å². The third kappa shape index (κ3) is 4.24. The summed E-state index contributed by atoms with van der Waals surface area (Å²) in [5, 5.41) is 11.2. The number of aliphatic carboxylic acids is 1. The third-order valence-corrected chi connectivity index (χ3v) is 3.87. The van der Waals surface area contributed by atoms with Gasteiger partial charge in [-0.05, 0) is 31.9 Å². The maximum absolute atomic E-state index is 12.8. The molecule has 1 saturated heterocycles. The van der Waals surface area contributed by atoms with E-state index in [0.717, 1.165) is 6.42 Å². The fourth-order valence-corrected chi connectivity index (χ4v) is 2.77. The van der Waals surface area contributed by atoms with E-state index in [1.54, 1.807) is 24.3 Å². The van der Waals surface area contributed by atoms with Gasteiger partial charge in [-0.3, -0.25) is 14.4 Å². The van der Waals surface area contributed by atoms with E-state index in [2.05, 4.69) is 5.32 Å². The van der Waals surface area contributed by atoms with Gasteiger partial charge in [0, 0.05) is 13.1 Å². The van der Waals surface area contributed by atoms with Crippen LogP contribution in [0.5, 0.6) is 5.75 Å². The van der Waals surface area contributed by atoms with E-state index in [9.17, 15) is 14.4 Å². The number of carboxylic acid groups (broad SMARTS) is 1. The minimum absolute atomic E-state index is 0.0578. The zero-order valence-corrected chi connectivity index (χ0v) is 13.7. The summed E-state index contributed by atoms with van der Waals surface area (Å²) in [6.07, 6.45) is 1.17. The Hall–Kier alpha value is -2.57. The number of hydrogen-bond donors (Lipinski definition) is 2. The largest absolute Gasteiger partial charge is 0.493 e. The fourth-order valence-electron chi connectivity index (χ4n) is 2.77. The molecule has 1 fully saturated rings. The van der Waals surface area contributed by atoms with Crippen molar-refractivity contribution in [1.82, 2.24) is 10.2 Å². The summed E-state index contributed by atoms with van der Waals surface area (Å²) >= 11 is 0. The molecule has 1 heterocycles. The second kappa shape index (κ2) is 8.33. The number of ether oxygens (including phenoxy) is 1. The number of carbonyl (C=O) groups is 3. The van der Waals surface area contributed by atoms with Crippen LogP contribution >= 0.6 is 0 Å². The highest BCUT2D eigenvalue weighted by Crippen LogP contribution is 2.25. The molecule has 1 atom stereocenters. The van der Waals surface area contributed by atoms with E-state index in [4.69, 9.17) is 9.84 Å². The molecule has 24 heavy (non-hydrogen) atoms. The predicted molar refractivity (Wildman–Crippen MR) is 86.9 cm³/mol. The molecule has 2 N–H and O–H groups in total. The molecule has 0 spiro atoms. The minimum Gasteiger partial charge on any atom is -0.493 e. The van der Waals surface area contributed by atoms with Gasteiger partial charge in [-0.1, -0.05) is 12.1 Å². The van der Waals surface area contributed by atoms with Crippen molar-refractivity contribution in [2.75, 3.05) is 19.7 Å². The van der Waals surface area contributed by atoms with Gasteiger partial charge >= 0.3 is 5.97 Å². The van der Waals surface area contributed by atoms with Crippen molar-refractivity contribution in [3.8, 4) is 5.75 Å². The molecule has 2 amide bonds. The molecule has 0 aromatic heterocycles. The van der Waals surface area contributed by atoms with Crippen LogP contribution in [0.1, 0.15) is 36.5 Å². The zero-order chi connectivity index (χ0) is 17.5. The molecule has 1 aliphatic rings. The summed E-state index contributed by atoms with van der Waals surface area (Å²) in [5.74, 6) is -1.02. The Morgan fingerprint density at radius 1 is 1.33 bits per heavy atom. The number of carbonyl (C=O) groups excluding carboxylic acids is 2. The van der Waals surface area contributed by atoms with Crippen LogP contribution in [0.4, 0.5) is 0 Å². The van der Waals surface area contributed by atoms with Gasteiger partial charge in [0.1, 0.15) is 11.8 Å².